The van der Waals surface area contributed by atoms with Crippen molar-refractivity contribution in [2.24, 2.45) is 0 Å². The van der Waals surface area contributed by atoms with Crippen LogP contribution in [0.3, 0.4) is 0 Å². The molecule has 37 heavy (non-hydrogen) atoms. The number of nitrogens with zero attached hydrogens (tertiary/aromatic N) is 5. The molecule has 0 saturated carbocycles. The number of para-hydroxylation sites is 1. The van der Waals surface area contributed by atoms with Crippen LogP contribution in [0, 0.1) is 0 Å². The van der Waals surface area contributed by atoms with Gasteiger partial charge in [-0.25, -0.2) is 18.4 Å². The summed E-state index contributed by atoms with van der Waals surface area (Å²) in [6.07, 6.45) is 2.63. The van der Waals surface area contributed by atoms with Gasteiger partial charge >= 0.3 is 0 Å². The molecule has 1 N–H and O–H groups in total. The van der Waals surface area contributed by atoms with Crippen LogP contribution in [0.4, 0.5) is 0 Å². The second-order valence-corrected chi connectivity index (χ2v) is 11.1. The van der Waals surface area contributed by atoms with Crippen molar-refractivity contribution >= 4 is 21.4 Å². The minimum atomic E-state index is -3.86. The van der Waals surface area contributed by atoms with Crippen LogP contribution in [0.5, 0.6) is 11.5 Å². The molecule has 12 nitrogen and oxygen atoms in total. The first kappa shape index (κ1) is 27.2. The van der Waals surface area contributed by atoms with E-state index in [1.54, 1.807) is 22.8 Å². The fourth-order valence-electron chi connectivity index (χ4n) is 3.91. The maximum absolute atomic E-state index is 13.6. The van der Waals surface area contributed by atoms with Crippen LogP contribution < -0.4 is 14.8 Å². The van der Waals surface area contributed by atoms with E-state index >= 15 is 0 Å². The Labute approximate surface area is 220 Å². The van der Waals surface area contributed by atoms with E-state index in [0.29, 0.717) is 28.0 Å². The Bertz CT molecular complexity index is 1290. The quantitative estimate of drug-likeness (QED) is 0.354. The van der Waals surface area contributed by atoms with Gasteiger partial charge < -0.3 is 18.9 Å². The molecule has 3 atom stereocenters. The van der Waals surface area contributed by atoms with Gasteiger partial charge in [0.2, 0.25) is 0 Å². The minimum Gasteiger partial charge on any atom is -0.494 e. The zero-order chi connectivity index (χ0) is 26.6. The Morgan fingerprint density at radius 2 is 1.73 bits per heavy atom. The highest BCUT2D eigenvalue weighted by atomic mass is 35.5. The number of hydrogen-bond donors (Lipinski definition) is 1. The van der Waals surface area contributed by atoms with E-state index < -0.39 is 26.9 Å². The van der Waals surface area contributed by atoms with Crippen LogP contribution in [-0.4, -0.2) is 72.5 Å². The van der Waals surface area contributed by atoms with Crippen LogP contribution in [-0.2, 0) is 31.7 Å². The molecule has 0 amide bonds. The van der Waals surface area contributed by atoms with Gasteiger partial charge in [0.25, 0.3) is 0 Å². The molecule has 0 aliphatic carbocycles. The van der Waals surface area contributed by atoms with Crippen LogP contribution in [0.15, 0.2) is 30.6 Å². The highest BCUT2D eigenvalue weighted by Crippen LogP contribution is 2.35. The molecule has 0 spiro atoms. The number of aromatic nitrogens is 5. The van der Waals surface area contributed by atoms with Crippen molar-refractivity contribution in [1.29, 1.82) is 0 Å². The van der Waals surface area contributed by atoms with Gasteiger partial charge in [-0.15, -0.1) is 10.2 Å². The van der Waals surface area contributed by atoms with Crippen LogP contribution >= 0.6 is 11.6 Å². The average molecular weight is 553 g/mol. The van der Waals surface area contributed by atoms with Crippen molar-refractivity contribution in [2.45, 2.75) is 43.3 Å². The van der Waals surface area contributed by atoms with Gasteiger partial charge in [-0.3, -0.25) is 9.88 Å². The third kappa shape index (κ3) is 5.85. The monoisotopic (exact) mass is 552 g/mol. The van der Waals surface area contributed by atoms with Crippen molar-refractivity contribution in [2.75, 3.05) is 27.9 Å². The van der Waals surface area contributed by atoms with Gasteiger partial charge in [0, 0.05) is 26.0 Å². The van der Waals surface area contributed by atoms with E-state index in [2.05, 4.69) is 25.5 Å². The van der Waals surface area contributed by atoms with E-state index in [0.717, 1.165) is 13.0 Å². The first-order valence-corrected chi connectivity index (χ1v) is 13.6. The number of nitrogens with one attached hydrogen (secondary N) is 1. The summed E-state index contributed by atoms with van der Waals surface area (Å²) in [5.41, 5.74) is 0.472. The highest BCUT2D eigenvalue weighted by Gasteiger charge is 2.35. The van der Waals surface area contributed by atoms with Crippen molar-refractivity contribution in [1.82, 2.24) is 30.0 Å². The van der Waals surface area contributed by atoms with Crippen LogP contribution in [0.1, 0.15) is 36.9 Å². The molecule has 1 aromatic carbocycles. The predicted molar refractivity (Wildman–Crippen MR) is 135 cm³/mol. The summed E-state index contributed by atoms with van der Waals surface area (Å²) in [6.45, 7) is 2.51. The SMILES string of the molecule is COc1cccc(OC)c1-n1c(COC2CCN2)nnc1CS(=O)(=O)[C@@H](C)[C@H](OC)c1ncc(Cl)cn1. The smallest absolute Gasteiger partial charge is 0.164 e. The fraction of sp³-hybridized carbons (Fsp3) is 0.478. The number of benzene rings is 1. The van der Waals surface area contributed by atoms with Gasteiger partial charge in [0.1, 0.15) is 41.9 Å². The lowest BCUT2D eigenvalue weighted by molar-refractivity contribution is -0.0272. The molecule has 1 aliphatic rings. The molecule has 2 aromatic heterocycles. The third-order valence-corrected chi connectivity index (χ3v) is 8.32. The summed E-state index contributed by atoms with van der Waals surface area (Å²) in [5, 5.41) is 11.0. The van der Waals surface area contributed by atoms with E-state index in [4.69, 9.17) is 30.5 Å². The fourth-order valence-corrected chi connectivity index (χ4v) is 5.42. The number of rotatable bonds is 12. The van der Waals surface area contributed by atoms with Gasteiger partial charge in [0.15, 0.2) is 27.3 Å². The van der Waals surface area contributed by atoms with E-state index in [9.17, 15) is 8.42 Å². The van der Waals surface area contributed by atoms with Gasteiger partial charge in [-0.1, -0.05) is 17.7 Å². The lowest BCUT2D eigenvalue weighted by Crippen LogP contribution is -2.44. The zero-order valence-corrected chi connectivity index (χ0v) is 22.5. The third-order valence-electron chi connectivity index (χ3n) is 6.09. The lowest BCUT2D eigenvalue weighted by atomic mass is 10.2. The number of ether oxygens (including phenoxy) is 4. The molecular formula is C23H29ClN6O6S. The maximum Gasteiger partial charge on any atom is 0.164 e. The van der Waals surface area contributed by atoms with Crippen molar-refractivity contribution in [3.63, 3.8) is 0 Å². The lowest BCUT2D eigenvalue weighted by Gasteiger charge is -2.27. The Kier molecular flexibility index (Phi) is 8.60. The molecule has 200 valence electrons. The predicted octanol–water partition coefficient (Wildman–Crippen LogP) is 2.25. The molecule has 0 radical (unpaired) electrons. The van der Waals surface area contributed by atoms with Gasteiger partial charge in [-0.05, 0) is 25.5 Å². The Balaban J connectivity index is 1.72. The number of hydrogen-bond acceptors (Lipinski definition) is 11. The molecule has 0 bridgehead atoms. The molecule has 3 heterocycles. The summed E-state index contributed by atoms with van der Waals surface area (Å²) in [7, 11) is 0.581. The Morgan fingerprint density at radius 3 is 2.27 bits per heavy atom. The summed E-state index contributed by atoms with van der Waals surface area (Å²) in [6, 6.07) is 5.26. The molecule has 1 fully saturated rings. The highest BCUT2D eigenvalue weighted by molar-refractivity contribution is 7.91. The molecule has 14 heteroatoms. The molecular weight excluding hydrogens is 524 g/mol. The molecule has 1 aliphatic heterocycles. The number of halogens is 1. The maximum atomic E-state index is 13.6. The average Bonchev–Trinajstić information content (AvgIpc) is 3.24. The van der Waals surface area contributed by atoms with Crippen molar-refractivity contribution in [3.8, 4) is 17.2 Å². The molecule has 3 aromatic rings. The van der Waals surface area contributed by atoms with E-state index in [-0.39, 0.29) is 24.5 Å². The normalized spacial score (nSPS) is 17.2. The largest absolute Gasteiger partial charge is 0.494 e. The Morgan fingerprint density at radius 1 is 1.11 bits per heavy atom. The summed E-state index contributed by atoms with van der Waals surface area (Å²) >= 11 is 5.89. The van der Waals surface area contributed by atoms with Crippen LogP contribution in [0.25, 0.3) is 5.69 Å². The van der Waals surface area contributed by atoms with Crippen LogP contribution in [0.2, 0.25) is 5.02 Å². The van der Waals surface area contributed by atoms with E-state index in [1.807, 2.05) is 0 Å². The number of methoxy groups -OCH3 is 3. The number of sulfone groups is 1. The molecule has 4 rings (SSSR count). The van der Waals surface area contributed by atoms with Gasteiger partial charge in [0.05, 0.1) is 24.5 Å². The Hall–Kier alpha value is -2.84. The van der Waals surface area contributed by atoms with Crippen molar-refractivity contribution < 1.29 is 27.4 Å². The summed E-state index contributed by atoms with van der Waals surface area (Å²) in [5.74, 6) is 1.24. The second kappa shape index (κ2) is 11.7. The van der Waals surface area contributed by atoms with E-state index in [1.165, 1.54) is 40.6 Å². The first-order chi connectivity index (χ1) is 17.8. The minimum absolute atomic E-state index is 0.0980. The second-order valence-electron chi connectivity index (χ2n) is 8.35. The van der Waals surface area contributed by atoms with Crippen molar-refractivity contribution in [3.05, 3.63) is 53.1 Å². The zero-order valence-electron chi connectivity index (χ0n) is 20.9. The molecule has 1 saturated heterocycles. The standard InChI is InChI=1S/C23H29ClN6O6S/c1-14(22(35-4)23-26-10-15(24)11-27-23)37(31,32)13-19-29-28-18(12-36-20-8-9-25-20)30(19)21-16(33-2)6-5-7-17(21)34-3/h5-7,10-11,14,20,22,25H,8-9,12-13H2,1-4H3/t14-,20?,22-/m0/s1. The summed E-state index contributed by atoms with van der Waals surface area (Å²) in [4.78, 5) is 8.28. The topological polar surface area (TPSA) is 140 Å². The summed E-state index contributed by atoms with van der Waals surface area (Å²) < 4.78 is 51.4. The first-order valence-electron chi connectivity index (χ1n) is 11.5. The molecule has 1 unspecified atom stereocenters. The van der Waals surface area contributed by atoms with Gasteiger partial charge in [-0.2, -0.15) is 0 Å².